The maximum absolute atomic E-state index is 13.5. The second-order valence-corrected chi connectivity index (χ2v) is 6.78. The van der Waals surface area contributed by atoms with Crippen LogP contribution in [0.15, 0.2) is 23.1 Å². The minimum atomic E-state index is -3.61. The molecule has 7 heteroatoms. The average Bonchev–Trinajstić information content (AvgIpc) is 3.14. The molecular weight excluding hydrogens is 287 g/mol. The molecule has 0 amide bonds. The monoisotopic (exact) mass is 302 g/mol. The summed E-state index contributed by atoms with van der Waals surface area (Å²) in [6.45, 7) is 2.18. The van der Waals surface area contributed by atoms with Gasteiger partial charge in [-0.05, 0) is 31.0 Å². The summed E-state index contributed by atoms with van der Waals surface area (Å²) in [6.07, 6.45) is 1.74. The molecule has 19 heavy (non-hydrogen) atoms. The SMILES string of the molecule is CCN(C1CC1)S(=O)(=O)c1ccc(F)c(C(N)=S)c1. The summed E-state index contributed by atoms with van der Waals surface area (Å²) >= 11 is 4.72. The second kappa shape index (κ2) is 5.15. The lowest BCUT2D eigenvalue weighted by molar-refractivity contribution is 0.421. The van der Waals surface area contributed by atoms with E-state index < -0.39 is 15.8 Å². The molecule has 0 aromatic heterocycles. The first-order chi connectivity index (χ1) is 8.87. The van der Waals surface area contributed by atoms with E-state index in [0.29, 0.717) is 6.54 Å². The highest BCUT2D eigenvalue weighted by Crippen LogP contribution is 2.32. The predicted octanol–water partition coefficient (Wildman–Crippen LogP) is 1.63. The maximum Gasteiger partial charge on any atom is 0.243 e. The van der Waals surface area contributed by atoms with Crippen molar-refractivity contribution in [1.82, 2.24) is 4.31 Å². The Morgan fingerprint density at radius 2 is 2.16 bits per heavy atom. The number of benzene rings is 1. The number of hydrogen-bond donors (Lipinski definition) is 1. The molecule has 2 N–H and O–H groups in total. The highest BCUT2D eigenvalue weighted by molar-refractivity contribution is 7.89. The van der Waals surface area contributed by atoms with Gasteiger partial charge >= 0.3 is 0 Å². The van der Waals surface area contributed by atoms with E-state index in [1.165, 1.54) is 16.4 Å². The standard InChI is InChI=1S/C12H15FN2O2S2/c1-2-15(8-3-4-8)19(16,17)9-5-6-11(13)10(7-9)12(14)18/h5-8H,2-4H2,1H3,(H2,14,18). The van der Waals surface area contributed by atoms with Crippen molar-refractivity contribution in [2.45, 2.75) is 30.7 Å². The molecule has 0 bridgehead atoms. The first-order valence-corrected chi connectivity index (χ1v) is 7.84. The van der Waals surface area contributed by atoms with Crippen LogP contribution in [0.5, 0.6) is 0 Å². The van der Waals surface area contributed by atoms with Gasteiger partial charge in [-0.1, -0.05) is 19.1 Å². The lowest BCUT2D eigenvalue weighted by atomic mass is 10.2. The summed E-state index contributed by atoms with van der Waals surface area (Å²) in [5, 5.41) is 0. The Morgan fingerprint density at radius 3 is 2.63 bits per heavy atom. The molecule has 0 heterocycles. The number of nitrogens with zero attached hydrogens (tertiary/aromatic N) is 1. The first-order valence-electron chi connectivity index (χ1n) is 5.99. The molecule has 2 rings (SSSR count). The zero-order chi connectivity index (χ0) is 14.2. The Bertz CT molecular complexity index is 612. The van der Waals surface area contributed by atoms with Gasteiger partial charge in [-0.15, -0.1) is 0 Å². The molecule has 1 aliphatic carbocycles. The molecular formula is C12H15FN2O2S2. The van der Waals surface area contributed by atoms with E-state index in [2.05, 4.69) is 0 Å². The first kappa shape index (κ1) is 14.4. The van der Waals surface area contributed by atoms with Gasteiger partial charge in [0, 0.05) is 18.2 Å². The van der Waals surface area contributed by atoms with Crippen LogP contribution in [0.2, 0.25) is 0 Å². The van der Waals surface area contributed by atoms with Gasteiger partial charge in [-0.25, -0.2) is 12.8 Å². The fraction of sp³-hybridized carbons (Fsp3) is 0.417. The molecule has 1 saturated carbocycles. The van der Waals surface area contributed by atoms with Crippen LogP contribution in [0.4, 0.5) is 4.39 Å². The second-order valence-electron chi connectivity index (χ2n) is 4.45. The third kappa shape index (κ3) is 2.77. The predicted molar refractivity (Wildman–Crippen MR) is 74.9 cm³/mol. The minimum absolute atomic E-state index is 0.0328. The van der Waals surface area contributed by atoms with Gasteiger partial charge in [0.05, 0.1) is 4.90 Å². The molecule has 104 valence electrons. The van der Waals surface area contributed by atoms with Crippen molar-refractivity contribution in [3.63, 3.8) is 0 Å². The van der Waals surface area contributed by atoms with Crippen molar-refractivity contribution >= 4 is 27.2 Å². The summed E-state index contributed by atoms with van der Waals surface area (Å²) in [5.74, 6) is -0.610. The van der Waals surface area contributed by atoms with Crippen LogP contribution in [0.3, 0.4) is 0 Å². The summed E-state index contributed by atoms with van der Waals surface area (Å²) in [5.41, 5.74) is 5.35. The number of thiocarbonyl (C=S) groups is 1. The highest BCUT2D eigenvalue weighted by Gasteiger charge is 2.37. The van der Waals surface area contributed by atoms with Gasteiger partial charge in [0.2, 0.25) is 10.0 Å². The largest absolute Gasteiger partial charge is 0.389 e. The van der Waals surface area contributed by atoms with Gasteiger partial charge in [0.15, 0.2) is 0 Å². The van der Waals surface area contributed by atoms with E-state index in [1.807, 2.05) is 0 Å². The van der Waals surface area contributed by atoms with Crippen molar-refractivity contribution in [3.8, 4) is 0 Å². The summed E-state index contributed by atoms with van der Waals surface area (Å²) < 4.78 is 39.8. The quantitative estimate of drug-likeness (QED) is 0.840. The van der Waals surface area contributed by atoms with E-state index in [4.69, 9.17) is 18.0 Å². The highest BCUT2D eigenvalue weighted by atomic mass is 32.2. The fourth-order valence-corrected chi connectivity index (χ4v) is 3.85. The minimum Gasteiger partial charge on any atom is -0.389 e. The number of sulfonamides is 1. The smallest absolute Gasteiger partial charge is 0.243 e. The number of hydrogen-bond acceptors (Lipinski definition) is 3. The molecule has 0 radical (unpaired) electrons. The molecule has 1 aromatic carbocycles. The summed E-state index contributed by atoms with van der Waals surface area (Å²) in [7, 11) is -3.61. The Balaban J connectivity index is 2.45. The van der Waals surface area contributed by atoms with Crippen LogP contribution >= 0.6 is 12.2 Å². The molecule has 0 aliphatic heterocycles. The van der Waals surface area contributed by atoms with Gasteiger partial charge in [0.1, 0.15) is 10.8 Å². The third-order valence-corrected chi connectivity index (χ3v) is 5.32. The van der Waals surface area contributed by atoms with Crippen LogP contribution in [0.25, 0.3) is 0 Å². The zero-order valence-corrected chi connectivity index (χ0v) is 12.1. The molecule has 0 atom stereocenters. The lowest BCUT2D eigenvalue weighted by Crippen LogP contribution is -2.33. The van der Waals surface area contributed by atoms with Crippen LogP contribution in [0, 0.1) is 5.82 Å². The molecule has 1 aliphatic rings. The molecule has 1 aromatic rings. The normalized spacial score (nSPS) is 15.7. The maximum atomic E-state index is 13.5. The van der Waals surface area contributed by atoms with Crippen molar-refractivity contribution in [2.75, 3.05) is 6.54 Å². The van der Waals surface area contributed by atoms with Crippen molar-refractivity contribution in [3.05, 3.63) is 29.6 Å². The third-order valence-electron chi connectivity index (χ3n) is 3.08. The Kier molecular flexibility index (Phi) is 3.89. The molecule has 0 saturated heterocycles. The van der Waals surface area contributed by atoms with E-state index >= 15 is 0 Å². The Morgan fingerprint density at radius 1 is 1.53 bits per heavy atom. The summed E-state index contributed by atoms with van der Waals surface area (Å²) in [6, 6.07) is 3.60. The van der Waals surface area contributed by atoms with Crippen molar-refractivity contribution in [2.24, 2.45) is 5.73 Å². The average molecular weight is 302 g/mol. The fourth-order valence-electron chi connectivity index (χ4n) is 1.98. The van der Waals surface area contributed by atoms with Crippen molar-refractivity contribution in [1.29, 1.82) is 0 Å². The van der Waals surface area contributed by atoms with Crippen LogP contribution < -0.4 is 5.73 Å². The van der Waals surface area contributed by atoms with Gasteiger partial charge in [0.25, 0.3) is 0 Å². The Labute approximate surface area is 117 Å². The topological polar surface area (TPSA) is 63.4 Å². The van der Waals surface area contributed by atoms with E-state index in [1.54, 1.807) is 6.92 Å². The number of nitrogens with two attached hydrogens (primary N) is 1. The lowest BCUT2D eigenvalue weighted by Gasteiger charge is -2.20. The Hall–Kier alpha value is -1.05. The van der Waals surface area contributed by atoms with Gasteiger partial charge in [-0.2, -0.15) is 4.31 Å². The van der Waals surface area contributed by atoms with Crippen molar-refractivity contribution < 1.29 is 12.8 Å². The molecule has 1 fully saturated rings. The van der Waals surface area contributed by atoms with Gasteiger partial charge in [-0.3, -0.25) is 0 Å². The molecule has 4 nitrogen and oxygen atoms in total. The van der Waals surface area contributed by atoms with E-state index in [9.17, 15) is 12.8 Å². The summed E-state index contributed by atoms with van der Waals surface area (Å²) in [4.78, 5) is -0.116. The van der Waals surface area contributed by atoms with Crippen LogP contribution in [-0.4, -0.2) is 30.3 Å². The van der Waals surface area contributed by atoms with E-state index in [-0.39, 0.29) is 21.5 Å². The van der Waals surface area contributed by atoms with Gasteiger partial charge < -0.3 is 5.73 Å². The number of rotatable bonds is 5. The van der Waals surface area contributed by atoms with Crippen LogP contribution in [0.1, 0.15) is 25.3 Å². The zero-order valence-electron chi connectivity index (χ0n) is 10.5. The van der Waals surface area contributed by atoms with E-state index in [0.717, 1.165) is 18.9 Å². The number of halogens is 1. The molecule has 0 spiro atoms. The van der Waals surface area contributed by atoms with Crippen LogP contribution in [-0.2, 0) is 10.0 Å². The molecule has 0 unspecified atom stereocenters.